The number of nitrogens with zero attached hydrogens (tertiary/aromatic N) is 4. The Morgan fingerprint density at radius 3 is 2.32 bits per heavy atom. The quantitative estimate of drug-likeness (QED) is 0.236. The van der Waals surface area contributed by atoms with Gasteiger partial charge in [0.1, 0.15) is 13.3 Å². The van der Waals surface area contributed by atoms with E-state index in [0.717, 1.165) is 34.7 Å². The number of carbonyl (C=O) groups is 2. The monoisotopic (exact) mass is 598 g/mol. The van der Waals surface area contributed by atoms with Gasteiger partial charge < -0.3 is 15.0 Å². The zero-order chi connectivity index (χ0) is 31.1. The first-order valence-corrected chi connectivity index (χ1v) is 14.8. The van der Waals surface area contributed by atoms with Crippen LogP contribution in [0, 0.1) is 5.92 Å². The maximum Gasteiger partial charge on any atom is 0.409 e. The van der Waals surface area contributed by atoms with Gasteiger partial charge >= 0.3 is 6.09 Å². The fourth-order valence-electron chi connectivity index (χ4n) is 5.43. The molecule has 1 fully saturated rings. The van der Waals surface area contributed by atoms with Gasteiger partial charge in [-0.2, -0.15) is 10.2 Å². The number of piperidine rings is 1. The van der Waals surface area contributed by atoms with Crippen molar-refractivity contribution in [3.63, 3.8) is 0 Å². The van der Waals surface area contributed by atoms with Gasteiger partial charge in [-0.3, -0.25) is 14.3 Å². The second kappa shape index (κ2) is 13.9. The molecule has 2 N–H and O–H groups in total. The fourth-order valence-corrected chi connectivity index (χ4v) is 5.43. The Bertz CT molecular complexity index is 1810. The topological polar surface area (TPSA) is 122 Å². The van der Waals surface area contributed by atoms with Crippen molar-refractivity contribution in [1.82, 2.24) is 24.9 Å². The third-order valence-corrected chi connectivity index (χ3v) is 7.59. The highest BCUT2D eigenvalue weighted by molar-refractivity contribution is 6.11. The lowest BCUT2D eigenvalue weighted by atomic mass is 9.97. The molecule has 6 rings (SSSR count). The molecule has 11 heteroatoms. The van der Waals surface area contributed by atoms with E-state index in [0.29, 0.717) is 42.1 Å². The van der Waals surface area contributed by atoms with Gasteiger partial charge in [-0.25, -0.2) is 14.3 Å². The summed E-state index contributed by atoms with van der Waals surface area (Å²) in [6, 6.07) is 22.2. The number of fused-ring (bicyclic) bond motifs is 2. The lowest BCUT2D eigenvalue weighted by Gasteiger charge is -2.31. The standard InChI is InChI=1S/C31H29FN6O4.C2H6/c32-15-18-42-31(41)37-16-13-20(14-17-37)19-38-26-8-4-3-7-25(26)28(36-38)30(40)33-22-11-9-21(10-12-22)27-23-5-1-2-6-24(23)29(39)35-34-27;1-2/h1-12,20H,13-19H2,(H,33,40)(H,35,39);1-2H3. The maximum atomic E-state index is 13.4. The van der Waals surface area contributed by atoms with E-state index in [4.69, 9.17) is 9.84 Å². The van der Waals surface area contributed by atoms with Gasteiger partial charge in [0.25, 0.3) is 11.5 Å². The number of halogens is 1. The minimum absolute atomic E-state index is 0.226. The summed E-state index contributed by atoms with van der Waals surface area (Å²) in [5.41, 5.74) is 2.99. The van der Waals surface area contributed by atoms with Crippen molar-refractivity contribution in [2.45, 2.75) is 33.2 Å². The Hall–Kier alpha value is -5.06. The van der Waals surface area contributed by atoms with Crippen LogP contribution in [-0.2, 0) is 11.3 Å². The first-order chi connectivity index (χ1) is 21.5. The van der Waals surface area contributed by atoms with Gasteiger partial charge in [-0.1, -0.05) is 62.4 Å². The number of rotatable bonds is 7. The fraction of sp³-hybridized carbons (Fsp3) is 0.303. The van der Waals surface area contributed by atoms with Crippen molar-refractivity contribution >= 4 is 39.4 Å². The van der Waals surface area contributed by atoms with E-state index in [1.165, 1.54) is 0 Å². The van der Waals surface area contributed by atoms with E-state index >= 15 is 0 Å². The zero-order valence-corrected chi connectivity index (χ0v) is 24.8. The molecule has 2 amide bonds. The number of hydrogen-bond donors (Lipinski definition) is 2. The first kappa shape index (κ1) is 30.4. The van der Waals surface area contributed by atoms with E-state index in [-0.39, 0.29) is 24.0 Å². The van der Waals surface area contributed by atoms with Gasteiger partial charge in [0, 0.05) is 41.7 Å². The summed E-state index contributed by atoms with van der Waals surface area (Å²) in [6.45, 7) is 4.75. The SMILES string of the molecule is CC.O=C(Nc1ccc(-c2n[nH]c(=O)c3ccccc23)cc1)c1nn(CC2CCN(C(=O)OCCF)CC2)c2ccccc12. The number of amides is 2. The lowest BCUT2D eigenvalue weighted by Crippen LogP contribution is -2.40. The first-order valence-electron chi connectivity index (χ1n) is 14.8. The lowest BCUT2D eigenvalue weighted by molar-refractivity contribution is 0.0809. The number of aromatic nitrogens is 4. The molecule has 2 aromatic heterocycles. The number of H-pyrrole nitrogens is 1. The minimum Gasteiger partial charge on any atom is -0.447 e. The van der Waals surface area contributed by atoms with Crippen molar-refractivity contribution in [2.24, 2.45) is 5.92 Å². The molecule has 10 nitrogen and oxygen atoms in total. The van der Waals surface area contributed by atoms with Crippen LogP contribution in [0.3, 0.4) is 0 Å². The zero-order valence-electron chi connectivity index (χ0n) is 24.8. The summed E-state index contributed by atoms with van der Waals surface area (Å²) < 4.78 is 19.1. The molecular formula is C33H35FN6O4. The Kier molecular flexibility index (Phi) is 9.63. The van der Waals surface area contributed by atoms with Crippen LogP contribution < -0.4 is 10.9 Å². The number of para-hydroxylation sites is 1. The molecule has 0 spiro atoms. The second-order valence-electron chi connectivity index (χ2n) is 10.3. The van der Waals surface area contributed by atoms with Crippen molar-refractivity contribution < 1.29 is 18.7 Å². The molecule has 0 bridgehead atoms. The normalized spacial score (nSPS) is 13.4. The number of benzene rings is 3. The van der Waals surface area contributed by atoms with Gasteiger partial charge in [-0.05, 0) is 43.0 Å². The summed E-state index contributed by atoms with van der Waals surface area (Å²) in [5, 5.41) is 16.5. The Morgan fingerprint density at radius 1 is 0.955 bits per heavy atom. The van der Waals surface area contributed by atoms with Crippen LogP contribution in [0.5, 0.6) is 0 Å². The van der Waals surface area contributed by atoms with Crippen molar-refractivity contribution in [2.75, 3.05) is 31.7 Å². The molecule has 3 heterocycles. The summed E-state index contributed by atoms with van der Waals surface area (Å²) >= 11 is 0. The van der Waals surface area contributed by atoms with Gasteiger partial charge in [0.15, 0.2) is 5.69 Å². The number of alkyl halides is 1. The molecule has 0 radical (unpaired) electrons. The highest BCUT2D eigenvalue weighted by Crippen LogP contribution is 2.27. The maximum absolute atomic E-state index is 13.4. The smallest absolute Gasteiger partial charge is 0.409 e. The molecule has 1 aliphatic heterocycles. The minimum atomic E-state index is -0.693. The molecule has 0 saturated carbocycles. The predicted octanol–water partition coefficient (Wildman–Crippen LogP) is 6.04. The van der Waals surface area contributed by atoms with Crippen LogP contribution in [0.15, 0.2) is 77.6 Å². The highest BCUT2D eigenvalue weighted by atomic mass is 19.1. The number of nitrogens with one attached hydrogen (secondary N) is 2. The van der Waals surface area contributed by atoms with E-state index in [9.17, 15) is 18.8 Å². The van der Waals surface area contributed by atoms with E-state index < -0.39 is 12.8 Å². The molecular weight excluding hydrogens is 563 g/mol. The molecule has 1 saturated heterocycles. The van der Waals surface area contributed by atoms with Crippen LogP contribution in [0.25, 0.3) is 32.9 Å². The third kappa shape index (κ3) is 6.46. The molecule has 0 unspecified atom stereocenters. The summed E-state index contributed by atoms with van der Waals surface area (Å²) in [7, 11) is 0. The molecule has 3 aromatic carbocycles. The van der Waals surface area contributed by atoms with E-state index in [2.05, 4.69) is 15.5 Å². The number of anilines is 1. The molecule has 44 heavy (non-hydrogen) atoms. The van der Waals surface area contributed by atoms with Crippen molar-refractivity contribution in [3.05, 3.63) is 88.8 Å². The van der Waals surface area contributed by atoms with Gasteiger partial charge in [0.05, 0.1) is 16.6 Å². The third-order valence-electron chi connectivity index (χ3n) is 7.59. The number of carbonyl (C=O) groups excluding carboxylic acids is 2. The molecule has 228 valence electrons. The Morgan fingerprint density at radius 2 is 1.61 bits per heavy atom. The highest BCUT2D eigenvalue weighted by Gasteiger charge is 2.26. The van der Waals surface area contributed by atoms with Crippen molar-refractivity contribution in [1.29, 1.82) is 0 Å². The number of ether oxygens (including phenoxy) is 1. The van der Waals surface area contributed by atoms with Crippen LogP contribution >= 0.6 is 0 Å². The number of likely N-dealkylation sites (tertiary alicyclic amines) is 1. The van der Waals surface area contributed by atoms with Crippen LogP contribution in [0.1, 0.15) is 37.2 Å². The van der Waals surface area contributed by atoms with Gasteiger partial charge in [-0.15, -0.1) is 0 Å². The summed E-state index contributed by atoms with van der Waals surface area (Å²) in [4.78, 5) is 39.2. The number of aromatic amines is 1. The Labute approximate surface area is 253 Å². The van der Waals surface area contributed by atoms with Crippen LogP contribution in [0.2, 0.25) is 0 Å². The summed E-state index contributed by atoms with van der Waals surface area (Å²) in [5.74, 6) is -0.0599. The molecule has 5 aromatic rings. The summed E-state index contributed by atoms with van der Waals surface area (Å²) in [6.07, 6.45) is 1.03. The molecule has 0 aliphatic carbocycles. The van der Waals surface area contributed by atoms with Crippen LogP contribution in [0.4, 0.5) is 14.9 Å². The molecule has 1 aliphatic rings. The van der Waals surface area contributed by atoms with Crippen molar-refractivity contribution in [3.8, 4) is 11.3 Å². The van der Waals surface area contributed by atoms with E-state index in [1.807, 2.05) is 73.1 Å². The van der Waals surface area contributed by atoms with Gasteiger partial charge in [0.2, 0.25) is 0 Å². The average Bonchev–Trinajstić information content (AvgIpc) is 3.44. The average molecular weight is 599 g/mol. The van der Waals surface area contributed by atoms with E-state index in [1.54, 1.807) is 23.1 Å². The Balaban J connectivity index is 0.00000188. The predicted molar refractivity (Wildman–Crippen MR) is 168 cm³/mol. The molecule has 0 atom stereocenters. The second-order valence-corrected chi connectivity index (χ2v) is 10.3. The largest absolute Gasteiger partial charge is 0.447 e. The number of hydrogen-bond acceptors (Lipinski definition) is 6. The van der Waals surface area contributed by atoms with Crippen LogP contribution in [-0.4, -0.2) is 63.2 Å².